The molecule has 2 aliphatic heterocycles. The number of nitrogens with one attached hydrogen (secondary N) is 1. The van der Waals surface area contributed by atoms with Gasteiger partial charge >= 0.3 is 0 Å². The van der Waals surface area contributed by atoms with Crippen LogP contribution in [0.1, 0.15) is 39.2 Å². The highest BCUT2D eigenvalue weighted by Crippen LogP contribution is 2.22. The molecule has 2 saturated heterocycles. The summed E-state index contributed by atoms with van der Waals surface area (Å²) < 4.78 is 0. The van der Waals surface area contributed by atoms with Crippen LogP contribution in [-0.2, 0) is 11.3 Å². The van der Waals surface area contributed by atoms with E-state index in [1.807, 2.05) is 11.0 Å². The van der Waals surface area contributed by atoms with Crippen molar-refractivity contribution in [3.8, 4) is 0 Å². The molecule has 0 spiro atoms. The first kappa shape index (κ1) is 20.1. The van der Waals surface area contributed by atoms with Gasteiger partial charge in [0.1, 0.15) is 0 Å². The second kappa shape index (κ2) is 8.57. The third-order valence-electron chi connectivity index (χ3n) is 5.58. The van der Waals surface area contributed by atoms with Gasteiger partial charge in [0.05, 0.1) is 0 Å². The number of nitrogens with zero attached hydrogens (tertiary/aromatic N) is 3. The van der Waals surface area contributed by atoms with Crippen LogP contribution in [0.25, 0.3) is 0 Å². The molecule has 2 aliphatic rings. The van der Waals surface area contributed by atoms with E-state index in [9.17, 15) is 4.79 Å². The fourth-order valence-electron chi connectivity index (χ4n) is 4.15. The Morgan fingerprint density at radius 2 is 1.85 bits per heavy atom. The molecular formula is C21H32N4OS. The van der Waals surface area contributed by atoms with Gasteiger partial charge in [-0.1, -0.05) is 30.3 Å². The molecule has 0 radical (unpaired) electrons. The van der Waals surface area contributed by atoms with Crippen LogP contribution in [0.4, 0.5) is 0 Å². The van der Waals surface area contributed by atoms with Crippen LogP contribution in [0.2, 0.25) is 0 Å². The molecule has 0 saturated carbocycles. The second-order valence-electron chi connectivity index (χ2n) is 8.45. The van der Waals surface area contributed by atoms with Gasteiger partial charge < -0.3 is 15.1 Å². The van der Waals surface area contributed by atoms with E-state index in [4.69, 9.17) is 12.2 Å². The van der Waals surface area contributed by atoms with Crippen molar-refractivity contribution in [2.75, 3.05) is 32.7 Å². The average molecular weight is 389 g/mol. The second-order valence-corrected chi connectivity index (χ2v) is 8.84. The molecule has 6 heteroatoms. The Labute approximate surface area is 168 Å². The Bertz CT molecular complexity index is 655. The molecule has 27 heavy (non-hydrogen) atoms. The number of amides is 1. The van der Waals surface area contributed by atoms with Gasteiger partial charge in [0.2, 0.25) is 5.91 Å². The van der Waals surface area contributed by atoms with Gasteiger partial charge in [-0.2, -0.15) is 0 Å². The van der Waals surface area contributed by atoms with Crippen LogP contribution in [-0.4, -0.2) is 70.0 Å². The fraction of sp³-hybridized carbons (Fsp3) is 0.619. The average Bonchev–Trinajstić information content (AvgIpc) is 2.61. The quantitative estimate of drug-likeness (QED) is 0.785. The van der Waals surface area contributed by atoms with Crippen molar-refractivity contribution in [3.05, 3.63) is 35.9 Å². The van der Waals surface area contributed by atoms with Crippen LogP contribution in [0.15, 0.2) is 30.3 Å². The van der Waals surface area contributed by atoms with Gasteiger partial charge in [0, 0.05) is 57.3 Å². The topological polar surface area (TPSA) is 38.8 Å². The Morgan fingerprint density at radius 3 is 2.48 bits per heavy atom. The van der Waals surface area contributed by atoms with Crippen molar-refractivity contribution in [2.24, 2.45) is 0 Å². The van der Waals surface area contributed by atoms with Gasteiger partial charge in [-0.15, -0.1) is 0 Å². The first-order chi connectivity index (χ1) is 12.8. The van der Waals surface area contributed by atoms with E-state index < -0.39 is 0 Å². The number of hydrogen-bond acceptors (Lipinski definition) is 3. The summed E-state index contributed by atoms with van der Waals surface area (Å²) in [5.74, 6) is 0.245. The van der Waals surface area contributed by atoms with E-state index in [0.29, 0.717) is 19.0 Å². The molecule has 0 aromatic heterocycles. The maximum atomic E-state index is 12.7. The lowest BCUT2D eigenvalue weighted by Crippen LogP contribution is -2.60. The highest BCUT2D eigenvalue weighted by Gasteiger charge is 2.33. The summed E-state index contributed by atoms with van der Waals surface area (Å²) in [6, 6.07) is 10.9. The van der Waals surface area contributed by atoms with Gasteiger partial charge in [-0.25, -0.2) is 0 Å². The standard InChI is InChI=1S/C21H32N4OS/c1-17-15-21(2,3)22-20(27)25(17)10-9-19(26)24-13-11-23(12-14-24)16-18-7-5-4-6-8-18/h4-8,17H,9-16H2,1-3H3,(H,22,27)/t17-/m0/s1. The van der Waals surface area contributed by atoms with Gasteiger partial charge in [-0.05, 0) is 45.0 Å². The highest BCUT2D eigenvalue weighted by molar-refractivity contribution is 7.80. The maximum Gasteiger partial charge on any atom is 0.224 e. The van der Waals surface area contributed by atoms with E-state index in [0.717, 1.165) is 44.3 Å². The zero-order valence-electron chi connectivity index (χ0n) is 16.8. The summed E-state index contributed by atoms with van der Waals surface area (Å²) in [6.45, 7) is 11.7. The molecule has 1 aromatic carbocycles. The van der Waals surface area contributed by atoms with Crippen molar-refractivity contribution in [1.82, 2.24) is 20.0 Å². The number of thiocarbonyl (C=S) groups is 1. The predicted octanol–water partition coefficient (Wildman–Crippen LogP) is 2.47. The lowest BCUT2D eigenvalue weighted by molar-refractivity contribution is -0.133. The number of hydrogen-bond donors (Lipinski definition) is 1. The Morgan fingerprint density at radius 1 is 1.19 bits per heavy atom. The first-order valence-electron chi connectivity index (χ1n) is 9.97. The summed E-state index contributed by atoms with van der Waals surface area (Å²) in [5.41, 5.74) is 1.37. The third-order valence-corrected chi connectivity index (χ3v) is 5.92. The molecule has 148 valence electrons. The largest absolute Gasteiger partial charge is 0.358 e. The molecule has 3 rings (SSSR count). The molecule has 1 aromatic rings. The summed E-state index contributed by atoms with van der Waals surface area (Å²) >= 11 is 5.52. The minimum absolute atomic E-state index is 0.0338. The summed E-state index contributed by atoms with van der Waals surface area (Å²) in [5, 5.41) is 4.17. The maximum absolute atomic E-state index is 12.7. The van der Waals surface area contributed by atoms with Crippen LogP contribution < -0.4 is 5.32 Å². The van der Waals surface area contributed by atoms with Crippen LogP contribution in [0.3, 0.4) is 0 Å². The Hall–Kier alpha value is -1.66. The third kappa shape index (κ3) is 5.42. The minimum Gasteiger partial charge on any atom is -0.358 e. The van der Waals surface area contributed by atoms with Gasteiger partial charge in [0.25, 0.3) is 0 Å². The van der Waals surface area contributed by atoms with Crippen molar-refractivity contribution < 1.29 is 4.79 Å². The minimum atomic E-state index is 0.0338. The zero-order valence-corrected chi connectivity index (χ0v) is 17.6. The lowest BCUT2D eigenvalue weighted by atomic mass is 9.93. The van der Waals surface area contributed by atoms with Crippen molar-refractivity contribution in [1.29, 1.82) is 0 Å². The summed E-state index contributed by atoms with van der Waals surface area (Å²) in [7, 11) is 0. The van der Waals surface area contributed by atoms with E-state index in [-0.39, 0.29) is 11.4 Å². The van der Waals surface area contributed by atoms with Crippen molar-refractivity contribution in [2.45, 2.75) is 51.7 Å². The van der Waals surface area contributed by atoms with Crippen molar-refractivity contribution in [3.63, 3.8) is 0 Å². The van der Waals surface area contributed by atoms with E-state index in [2.05, 4.69) is 60.2 Å². The molecule has 2 fully saturated rings. The molecule has 0 aliphatic carbocycles. The molecule has 5 nitrogen and oxygen atoms in total. The summed E-state index contributed by atoms with van der Waals surface area (Å²) in [6.07, 6.45) is 1.56. The number of carbonyl (C=O) groups excluding carboxylic acids is 1. The highest BCUT2D eigenvalue weighted by atomic mass is 32.1. The predicted molar refractivity (Wildman–Crippen MR) is 114 cm³/mol. The van der Waals surface area contributed by atoms with Crippen molar-refractivity contribution >= 4 is 23.2 Å². The van der Waals surface area contributed by atoms with E-state index >= 15 is 0 Å². The molecule has 1 N–H and O–H groups in total. The number of rotatable bonds is 5. The van der Waals surface area contributed by atoms with E-state index in [1.165, 1.54) is 5.56 Å². The molecular weight excluding hydrogens is 356 g/mol. The fourth-order valence-corrected chi connectivity index (χ4v) is 4.70. The van der Waals surface area contributed by atoms with Gasteiger partial charge in [-0.3, -0.25) is 9.69 Å². The SMILES string of the molecule is C[C@H]1CC(C)(C)NC(=S)N1CCC(=O)N1CCN(Cc2ccccc2)CC1. The molecule has 0 unspecified atom stereocenters. The molecule has 2 heterocycles. The summed E-state index contributed by atoms with van der Waals surface area (Å²) in [4.78, 5) is 19.3. The smallest absolute Gasteiger partial charge is 0.224 e. The van der Waals surface area contributed by atoms with Crippen LogP contribution in [0.5, 0.6) is 0 Å². The number of piperazine rings is 1. The zero-order chi connectivity index (χ0) is 19.4. The van der Waals surface area contributed by atoms with E-state index in [1.54, 1.807) is 0 Å². The molecule has 0 bridgehead atoms. The molecule has 1 atom stereocenters. The number of carbonyl (C=O) groups is 1. The van der Waals surface area contributed by atoms with Crippen LogP contribution >= 0.6 is 12.2 Å². The number of benzene rings is 1. The Kier molecular flexibility index (Phi) is 6.37. The molecule has 1 amide bonds. The first-order valence-corrected chi connectivity index (χ1v) is 10.4. The monoisotopic (exact) mass is 388 g/mol. The normalized spacial score (nSPS) is 23.2. The van der Waals surface area contributed by atoms with Gasteiger partial charge in [0.15, 0.2) is 5.11 Å². The van der Waals surface area contributed by atoms with Crippen LogP contribution in [0, 0.1) is 0 Å². The Balaban J connectivity index is 1.43. The lowest BCUT2D eigenvalue weighted by Gasteiger charge is -2.45.